The quantitative estimate of drug-likeness (QED) is 0.841. The molecule has 0 aliphatic rings. The van der Waals surface area contributed by atoms with E-state index in [4.69, 9.17) is 5.73 Å². The Morgan fingerprint density at radius 3 is 2.84 bits per heavy atom. The van der Waals surface area contributed by atoms with E-state index < -0.39 is 0 Å². The number of aryl methyl sites for hydroxylation is 2. The summed E-state index contributed by atoms with van der Waals surface area (Å²) >= 11 is 1.62. The lowest BCUT2D eigenvalue weighted by molar-refractivity contribution is 0.0955. The molecule has 0 spiro atoms. The topological polar surface area (TPSA) is 68.0 Å². The van der Waals surface area contributed by atoms with E-state index in [9.17, 15) is 4.79 Å². The van der Waals surface area contributed by atoms with Gasteiger partial charge in [-0.2, -0.15) is 0 Å². The number of amides is 1. The van der Waals surface area contributed by atoms with E-state index in [0.717, 1.165) is 22.7 Å². The molecule has 2 aromatic rings. The highest BCUT2D eigenvalue weighted by atomic mass is 32.1. The number of aromatic nitrogens is 1. The van der Waals surface area contributed by atoms with E-state index in [1.165, 1.54) is 0 Å². The van der Waals surface area contributed by atoms with Crippen molar-refractivity contribution in [1.29, 1.82) is 0 Å². The van der Waals surface area contributed by atoms with Gasteiger partial charge >= 0.3 is 0 Å². The zero-order valence-corrected chi connectivity index (χ0v) is 11.9. The lowest BCUT2D eigenvalue weighted by Crippen LogP contribution is -2.26. The van der Waals surface area contributed by atoms with E-state index in [2.05, 4.69) is 10.3 Å². The number of rotatable bonds is 4. The Morgan fingerprint density at radius 1 is 1.42 bits per heavy atom. The second kappa shape index (κ2) is 5.84. The Balaban J connectivity index is 1.90. The third kappa shape index (κ3) is 3.54. The predicted molar refractivity (Wildman–Crippen MR) is 78.5 cm³/mol. The summed E-state index contributed by atoms with van der Waals surface area (Å²) in [4.78, 5) is 16.3. The largest absolute Gasteiger partial charge is 0.398 e. The van der Waals surface area contributed by atoms with E-state index in [0.29, 0.717) is 17.8 Å². The first kappa shape index (κ1) is 13.5. The van der Waals surface area contributed by atoms with E-state index in [-0.39, 0.29) is 5.91 Å². The average molecular weight is 275 g/mol. The fraction of sp³-hybridized carbons (Fsp3) is 0.286. The highest BCUT2D eigenvalue weighted by Crippen LogP contribution is 2.13. The summed E-state index contributed by atoms with van der Waals surface area (Å²) < 4.78 is 0. The van der Waals surface area contributed by atoms with Crippen LogP contribution in [0.4, 0.5) is 5.69 Å². The van der Waals surface area contributed by atoms with Crippen LogP contribution in [0.25, 0.3) is 0 Å². The molecule has 0 radical (unpaired) electrons. The molecule has 0 bridgehead atoms. The van der Waals surface area contributed by atoms with Crippen molar-refractivity contribution in [3.8, 4) is 0 Å². The van der Waals surface area contributed by atoms with Gasteiger partial charge in [0.15, 0.2) is 0 Å². The Morgan fingerprint density at radius 2 is 2.21 bits per heavy atom. The standard InChI is InChI=1S/C14H17N3OS/c1-9-3-4-12(13(15)7-9)14(18)16-6-5-11-8-19-10(2)17-11/h3-4,7-8H,5-6,15H2,1-2H3,(H,16,18). The van der Waals surface area contributed by atoms with Crippen LogP contribution < -0.4 is 11.1 Å². The minimum atomic E-state index is -0.135. The van der Waals surface area contributed by atoms with Gasteiger partial charge in [-0.25, -0.2) is 4.98 Å². The van der Waals surface area contributed by atoms with E-state index >= 15 is 0 Å². The van der Waals surface area contributed by atoms with E-state index in [1.54, 1.807) is 23.5 Å². The lowest BCUT2D eigenvalue weighted by atomic mass is 10.1. The zero-order chi connectivity index (χ0) is 13.8. The molecule has 2 rings (SSSR count). The van der Waals surface area contributed by atoms with Crippen molar-refractivity contribution >= 4 is 22.9 Å². The molecule has 0 saturated heterocycles. The Kier molecular flexibility index (Phi) is 4.16. The summed E-state index contributed by atoms with van der Waals surface area (Å²) in [6.45, 7) is 4.48. The van der Waals surface area contributed by atoms with Gasteiger partial charge in [0.2, 0.25) is 0 Å². The number of nitrogens with zero attached hydrogens (tertiary/aromatic N) is 1. The van der Waals surface area contributed by atoms with Crippen LogP contribution in [0.5, 0.6) is 0 Å². The van der Waals surface area contributed by atoms with Crippen molar-refractivity contribution in [3.05, 3.63) is 45.4 Å². The molecule has 1 amide bonds. The molecule has 0 aliphatic carbocycles. The number of anilines is 1. The molecule has 0 aliphatic heterocycles. The van der Waals surface area contributed by atoms with Gasteiger partial charge in [0.1, 0.15) is 0 Å². The SMILES string of the molecule is Cc1ccc(C(=O)NCCc2csc(C)n2)c(N)c1. The first-order valence-corrected chi connectivity index (χ1v) is 6.99. The minimum Gasteiger partial charge on any atom is -0.398 e. The second-order valence-corrected chi connectivity index (χ2v) is 5.52. The number of carbonyl (C=O) groups excluding carboxylic acids is 1. The van der Waals surface area contributed by atoms with Crippen molar-refractivity contribution in [1.82, 2.24) is 10.3 Å². The van der Waals surface area contributed by atoms with Crippen molar-refractivity contribution in [3.63, 3.8) is 0 Å². The molecule has 5 heteroatoms. The van der Waals surface area contributed by atoms with Gasteiger partial charge in [0, 0.05) is 24.0 Å². The van der Waals surface area contributed by atoms with Crippen LogP contribution in [-0.2, 0) is 6.42 Å². The molecule has 3 N–H and O–H groups in total. The first-order valence-electron chi connectivity index (χ1n) is 6.11. The van der Waals surface area contributed by atoms with Gasteiger partial charge < -0.3 is 11.1 Å². The number of nitrogens with two attached hydrogens (primary N) is 1. The van der Waals surface area contributed by atoms with Gasteiger partial charge in [-0.05, 0) is 31.5 Å². The van der Waals surface area contributed by atoms with Crippen molar-refractivity contribution in [2.75, 3.05) is 12.3 Å². The maximum atomic E-state index is 12.0. The highest BCUT2D eigenvalue weighted by Gasteiger charge is 2.09. The monoisotopic (exact) mass is 275 g/mol. The summed E-state index contributed by atoms with van der Waals surface area (Å²) in [5.74, 6) is -0.135. The van der Waals surface area contributed by atoms with Crippen LogP contribution in [0, 0.1) is 13.8 Å². The van der Waals surface area contributed by atoms with Crippen LogP contribution >= 0.6 is 11.3 Å². The molecule has 0 atom stereocenters. The lowest BCUT2D eigenvalue weighted by Gasteiger charge is -2.07. The third-order valence-electron chi connectivity index (χ3n) is 2.78. The fourth-order valence-electron chi connectivity index (χ4n) is 1.81. The van der Waals surface area contributed by atoms with Gasteiger partial charge in [-0.1, -0.05) is 6.07 Å². The maximum Gasteiger partial charge on any atom is 0.253 e. The van der Waals surface area contributed by atoms with E-state index in [1.807, 2.05) is 25.3 Å². The fourth-order valence-corrected chi connectivity index (χ4v) is 2.46. The van der Waals surface area contributed by atoms with Gasteiger partial charge in [0.05, 0.1) is 16.3 Å². The molecule has 0 unspecified atom stereocenters. The van der Waals surface area contributed by atoms with Crippen LogP contribution in [0.15, 0.2) is 23.6 Å². The number of benzene rings is 1. The molecule has 19 heavy (non-hydrogen) atoms. The third-order valence-corrected chi connectivity index (χ3v) is 3.61. The van der Waals surface area contributed by atoms with Crippen LogP contribution in [-0.4, -0.2) is 17.4 Å². The molecule has 4 nitrogen and oxygen atoms in total. The predicted octanol–water partition coefficient (Wildman–Crippen LogP) is 2.31. The number of carbonyl (C=O) groups is 1. The molecule has 0 fully saturated rings. The van der Waals surface area contributed by atoms with Crippen LogP contribution in [0.2, 0.25) is 0 Å². The number of hydrogen-bond acceptors (Lipinski definition) is 4. The van der Waals surface area contributed by atoms with Crippen molar-refractivity contribution < 1.29 is 4.79 Å². The maximum absolute atomic E-state index is 12.0. The molecular weight excluding hydrogens is 258 g/mol. The highest BCUT2D eigenvalue weighted by molar-refractivity contribution is 7.09. The van der Waals surface area contributed by atoms with Crippen molar-refractivity contribution in [2.24, 2.45) is 0 Å². The molecule has 1 aromatic heterocycles. The molecule has 100 valence electrons. The van der Waals surface area contributed by atoms with Crippen molar-refractivity contribution in [2.45, 2.75) is 20.3 Å². The molecule has 1 aromatic carbocycles. The Bertz CT molecular complexity index is 592. The summed E-state index contributed by atoms with van der Waals surface area (Å²) in [6, 6.07) is 5.45. The summed E-state index contributed by atoms with van der Waals surface area (Å²) in [5, 5.41) is 5.92. The molecular formula is C14H17N3OS. The van der Waals surface area contributed by atoms with Gasteiger partial charge in [-0.3, -0.25) is 4.79 Å². The summed E-state index contributed by atoms with van der Waals surface area (Å²) in [7, 11) is 0. The normalized spacial score (nSPS) is 10.4. The average Bonchev–Trinajstić information content (AvgIpc) is 2.75. The second-order valence-electron chi connectivity index (χ2n) is 4.45. The summed E-state index contributed by atoms with van der Waals surface area (Å²) in [6.07, 6.45) is 0.738. The first-order chi connectivity index (χ1) is 9.06. The number of hydrogen-bond donors (Lipinski definition) is 2. The van der Waals surface area contributed by atoms with Gasteiger partial charge in [0.25, 0.3) is 5.91 Å². The number of nitrogen functional groups attached to an aromatic ring is 1. The zero-order valence-electron chi connectivity index (χ0n) is 11.1. The van der Waals surface area contributed by atoms with Crippen LogP contribution in [0.3, 0.4) is 0 Å². The molecule has 1 heterocycles. The Hall–Kier alpha value is -1.88. The minimum absolute atomic E-state index is 0.135. The molecule has 0 saturated carbocycles. The Labute approximate surface area is 116 Å². The smallest absolute Gasteiger partial charge is 0.253 e. The summed E-state index contributed by atoms with van der Waals surface area (Å²) in [5.41, 5.74) is 8.94. The van der Waals surface area contributed by atoms with Crippen LogP contribution in [0.1, 0.15) is 26.6 Å². The number of nitrogens with one attached hydrogen (secondary N) is 1. The number of thiazole rings is 1. The van der Waals surface area contributed by atoms with Gasteiger partial charge in [-0.15, -0.1) is 11.3 Å².